The molecule has 0 saturated heterocycles. The van der Waals surface area contributed by atoms with Crippen molar-refractivity contribution in [3.63, 3.8) is 0 Å². The van der Waals surface area contributed by atoms with Gasteiger partial charge in [-0.05, 0) is 0 Å². The minimum atomic E-state index is 0.536. The van der Waals surface area contributed by atoms with E-state index in [0.29, 0.717) is 18.7 Å². The predicted octanol–water partition coefficient (Wildman–Crippen LogP) is 1.62. The van der Waals surface area contributed by atoms with Crippen LogP contribution in [0.5, 0.6) is 0 Å². The lowest BCUT2D eigenvalue weighted by Crippen LogP contribution is -2.16. The van der Waals surface area contributed by atoms with Crippen molar-refractivity contribution in [1.29, 1.82) is 0 Å². The summed E-state index contributed by atoms with van der Waals surface area (Å²) in [6.45, 7) is 0.536. The van der Waals surface area contributed by atoms with Crippen LogP contribution in [0.2, 0.25) is 0 Å². The van der Waals surface area contributed by atoms with E-state index in [4.69, 9.17) is 14.9 Å². The number of rotatable bonds is 4. The molecule has 6 nitrogen and oxygen atoms in total. The molecule has 0 atom stereocenters. The monoisotopic (exact) mass is 247 g/mol. The van der Waals surface area contributed by atoms with Gasteiger partial charge in [-0.1, -0.05) is 39.7 Å². The summed E-state index contributed by atoms with van der Waals surface area (Å²) in [5, 5.41) is 19.6. The molecule has 0 radical (unpaired) electrons. The Balaban J connectivity index is 2.46. The van der Waals surface area contributed by atoms with Crippen molar-refractivity contribution in [3.8, 4) is 0 Å². The molecule has 0 unspecified atom stereocenters. The summed E-state index contributed by atoms with van der Waals surface area (Å²) in [5.74, 6) is 0. The van der Waals surface area contributed by atoms with Gasteiger partial charge in [0.25, 0.3) is 0 Å². The van der Waals surface area contributed by atoms with Crippen molar-refractivity contribution in [2.75, 3.05) is 13.7 Å². The van der Waals surface area contributed by atoms with Crippen LogP contribution in [-0.2, 0) is 9.68 Å². The van der Waals surface area contributed by atoms with Crippen LogP contribution < -0.4 is 0 Å². The molecule has 1 aromatic carbocycles. The van der Waals surface area contributed by atoms with Crippen LogP contribution in [0.3, 0.4) is 0 Å². The first kappa shape index (κ1) is 12.1. The van der Waals surface area contributed by atoms with Gasteiger partial charge < -0.3 is 14.9 Å². The molecule has 0 fully saturated rings. The summed E-state index contributed by atoms with van der Waals surface area (Å²) in [6, 6.07) is 7.38. The van der Waals surface area contributed by atoms with Gasteiger partial charge in [-0.3, -0.25) is 0 Å². The highest BCUT2D eigenvalue weighted by Gasteiger charge is 2.19. The van der Waals surface area contributed by atoms with E-state index < -0.39 is 0 Å². The maximum atomic E-state index is 8.66. The normalized spacial score (nSPS) is 15.6. The maximum absolute atomic E-state index is 8.66. The molecule has 94 valence electrons. The zero-order chi connectivity index (χ0) is 12.8. The van der Waals surface area contributed by atoms with Crippen molar-refractivity contribution in [1.82, 2.24) is 0 Å². The van der Waals surface area contributed by atoms with Crippen molar-refractivity contribution in [3.05, 3.63) is 35.4 Å². The zero-order valence-corrected chi connectivity index (χ0v) is 9.91. The molecule has 18 heavy (non-hydrogen) atoms. The molecule has 1 aliphatic rings. The van der Waals surface area contributed by atoms with E-state index >= 15 is 0 Å². The van der Waals surface area contributed by atoms with Gasteiger partial charge in [0, 0.05) is 17.5 Å². The highest BCUT2D eigenvalue weighted by molar-refractivity contribution is 6.49. The third-order valence-electron chi connectivity index (χ3n) is 2.47. The first-order valence-electron chi connectivity index (χ1n) is 5.44. The molecule has 2 rings (SSSR count). The Morgan fingerprint density at radius 3 is 3.00 bits per heavy atom. The van der Waals surface area contributed by atoms with Crippen LogP contribution in [0.4, 0.5) is 0 Å². The van der Waals surface area contributed by atoms with Crippen LogP contribution in [0, 0.1) is 0 Å². The van der Waals surface area contributed by atoms with Gasteiger partial charge in [-0.2, -0.15) is 0 Å². The smallest absolute Gasteiger partial charge is 0.135 e. The average Bonchev–Trinajstić information content (AvgIpc) is 2.91. The van der Waals surface area contributed by atoms with Crippen molar-refractivity contribution >= 4 is 17.6 Å². The topological polar surface area (TPSA) is 75.8 Å². The lowest BCUT2D eigenvalue weighted by atomic mass is 9.99. The second-order valence-electron chi connectivity index (χ2n) is 3.58. The van der Waals surface area contributed by atoms with Crippen LogP contribution in [0.25, 0.3) is 0 Å². The summed E-state index contributed by atoms with van der Waals surface area (Å²) >= 11 is 0. The number of hydrogen-bond donors (Lipinski definition) is 1. The Labute approximate surface area is 104 Å². The molecular formula is C12H13N3O3. The maximum Gasteiger partial charge on any atom is 0.135 e. The third-order valence-corrected chi connectivity index (χ3v) is 2.47. The molecule has 0 aromatic heterocycles. The van der Waals surface area contributed by atoms with Gasteiger partial charge in [0.15, 0.2) is 0 Å². The predicted molar refractivity (Wildman–Crippen MR) is 67.4 cm³/mol. The summed E-state index contributed by atoms with van der Waals surface area (Å²) in [5.41, 5.74) is 2.81. The van der Waals surface area contributed by atoms with Gasteiger partial charge in [0.05, 0.1) is 6.21 Å². The first-order chi connectivity index (χ1) is 8.86. The van der Waals surface area contributed by atoms with Crippen molar-refractivity contribution in [2.24, 2.45) is 15.5 Å². The van der Waals surface area contributed by atoms with Crippen molar-refractivity contribution in [2.45, 2.75) is 6.42 Å². The molecule has 6 heteroatoms. The summed E-state index contributed by atoms with van der Waals surface area (Å²) in [4.78, 5) is 9.82. The molecule has 1 heterocycles. The fourth-order valence-corrected chi connectivity index (χ4v) is 1.71. The highest BCUT2D eigenvalue weighted by atomic mass is 16.6. The molecule has 1 N–H and O–H groups in total. The van der Waals surface area contributed by atoms with Gasteiger partial charge in [0.2, 0.25) is 0 Å². The molecule has 0 aliphatic carbocycles. The third kappa shape index (κ3) is 2.48. The first-order valence-corrected chi connectivity index (χ1v) is 5.44. The number of benzene rings is 1. The summed E-state index contributed by atoms with van der Waals surface area (Å²) < 4.78 is 0. The number of nitrogens with zero attached hydrogens (tertiary/aromatic N) is 3. The van der Waals surface area contributed by atoms with Crippen molar-refractivity contribution < 1.29 is 14.9 Å². The minimum Gasteiger partial charge on any atom is -0.411 e. The van der Waals surface area contributed by atoms with Crippen LogP contribution in [0.15, 0.2) is 39.7 Å². The molecule has 1 aliphatic heterocycles. The number of hydrogen-bond acceptors (Lipinski definition) is 6. The molecule has 0 spiro atoms. The van der Waals surface area contributed by atoms with E-state index in [-0.39, 0.29) is 0 Å². The Bertz CT molecular complexity index is 509. The van der Waals surface area contributed by atoms with Gasteiger partial charge in [0.1, 0.15) is 25.1 Å². The number of oxime groups is 3. The average molecular weight is 247 g/mol. The van der Waals surface area contributed by atoms with Gasteiger partial charge in [-0.25, -0.2) is 0 Å². The van der Waals surface area contributed by atoms with E-state index in [1.165, 1.54) is 13.3 Å². The Hall–Kier alpha value is -2.37. The Morgan fingerprint density at radius 2 is 2.33 bits per heavy atom. The summed E-state index contributed by atoms with van der Waals surface area (Å²) in [6.07, 6.45) is 2.02. The second-order valence-corrected chi connectivity index (χ2v) is 3.58. The Kier molecular flexibility index (Phi) is 3.90. The van der Waals surface area contributed by atoms with E-state index in [1.54, 1.807) is 0 Å². The molecule has 0 amide bonds. The molecular weight excluding hydrogens is 234 g/mol. The molecule has 1 aromatic rings. The highest BCUT2D eigenvalue weighted by Crippen LogP contribution is 2.14. The summed E-state index contributed by atoms with van der Waals surface area (Å²) in [7, 11) is 1.47. The van der Waals surface area contributed by atoms with Crippen LogP contribution in [-0.4, -0.2) is 36.6 Å². The van der Waals surface area contributed by atoms with E-state index in [9.17, 15) is 0 Å². The second kappa shape index (κ2) is 5.81. The van der Waals surface area contributed by atoms with Crippen LogP contribution in [0.1, 0.15) is 17.5 Å². The molecule has 0 bridgehead atoms. The molecule has 0 saturated carbocycles. The fourth-order valence-electron chi connectivity index (χ4n) is 1.71. The lowest BCUT2D eigenvalue weighted by molar-refractivity contribution is 0.174. The standard InChI is InChI=1S/C12H13N3O3/c1-17-15-12(11-6-7-18-14-11)10-5-3-2-4-9(10)8-13-16/h2-5,8,16H,6-7H2,1H3. The SMILES string of the molecule is CON=C(C1=NOCC1)c1ccccc1C=NO. The Morgan fingerprint density at radius 1 is 1.50 bits per heavy atom. The van der Waals surface area contributed by atoms with Crippen LogP contribution >= 0.6 is 0 Å². The van der Waals surface area contributed by atoms with E-state index in [2.05, 4.69) is 15.5 Å². The zero-order valence-electron chi connectivity index (χ0n) is 9.91. The van der Waals surface area contributed by atoms with E-state index in [1.807, 2.05) is 24.3 Å². The van der Waals surface area contributed by atoms with Gasteiger partial charge in [-0.15, -0.1) is 0 Å². The largest absolute Gasteiger partial charge is 0.411 e. The lowest BCUT2D eigenvalue weighted by Gasteiger charge is -2.07. The fraction of sp³-hybridized carbons (Fsp3) is 0.250. The van der Waals surface area contributed by atoms with E-state index in [0.717, 1.165) is 16.8 Å². The van der Waals surface area contributed by atoms with Gasteiger partial charge >= 0.3 is 0 Å². The quantitative estimate of drug-likeness (QED) is 0.499. The minimum absolute atomic E-state index is 0.536.